The van der Waals surface area contributed by atoms with Gasteiger partial charge in [-0.25, -0.2) is 8.42 Å². The third-order valence-electron chi connectivity index (χ3n) is 2.58. The molecule has 84 valence electrons. The fourth-order valence-corrected chi connectivity index (χ4v) is 2.36. The molecule has 3 nitrogen and oxygen atoms in total. The third-order valence-corrected chi connectivity index (χ3v) is 3.39. The minimum Gasteiger partial charge on any atom is -0.744 e. The second kappa shape index (κ2) is 5.48. The zero-order valence-corrected chi connectivity index (χ0v) is 14.0. The van der Waals surface area contributed by atoms with E-state index in [2.05, 4.69) is 0 Å². The first kappa shape index (κ1) is 15.3. The summed E-state index contributed by atoms with van der Waals surface area (Å²) in [6, 6.07) is 8.54. The number of fused-ring (bicyclic) bond motifs is 1. The first-order valence-electron chi connectivity index (χ1n) is 4.85. The molecule has 2 aromatic rings. The van der Waals surface area contributed by atoms with Crippen LogP contribution in [0.25, 0.3) is 10.8 Å². The standard InChI is InChI=1S/C12H12O3S.K/c1-8-3-4-10-7-11(16(13,14)15)6-9(2)12(10)5-8;/h3-7H,1-2H3,(H,13,14,15);/q;+1/p-1. The van der Waals surface area contributed by atoms with Gasteiger partial charge in [0.1, 0.15) is 10.1 Å². The molecule has 0 saturated carbocycles. The van der Waals surface area contributed by atoms with Crippen molar-refractivity contribution < 1.29 is 64.4 Å². The summed E-state index contributed by atoms with van der Waals surface area (Å²) in [5, 5.41) is 1.76. The Hall–Kier alpha value is 0.246. The average molecular weight is 274 g/mol. The summed E-state index contributed by atoms with van der Waals surface area (Å²) in [4.78, 5) is -0.165. The van der Waals surface area contributed by atoms with Gasteiger partial charge in [0.15, 0.2) is 0 Å². The van der Waals surface area contributed by atoms with Gasteiger partial charge in [-0.05, 0) is 42.3 Å². The molecule has 0 amide bonds. The molecule has 0 atom stereocenters. The van der Waals surface area contributed by atoms with E-state index in [9.17, 15) is 13.0 Å². The minimum absolute atomic E-state index is 0. The summed E-state index contributed by atoms with van der Waals surface area (Å²) in [5.41, 5.74) is 1.91. The molecule has 0 unspecified atom stereocenters. The van der Waals surface area contributed by atoms with Gasteiger partial charge >= 0.3 is 51.4 Å². The summed E-state index contributed by atoms with van der Waals surface area (Å²) in [5.74, 6) is 0. The predicted molar refractivity (Wildman–Crippen MR) is 61.4 cm³/mol. The van der Waals surface area contributed by atoms with Crippen molar-refractivity contribution in [2.45, 2.75) is 18.7 Å². The monoisotopic (exact) mass is 274 g/mol. The van der Waals surface area contributed by atoms with Crippen LogP contribution in [0.3, 0.4) is 0 Å². The van der Waals surface area contributed by atoms with Gasteiger partial charge in [-0.15, -0.1) is 0 Å². The molecule has 0 aliphatic heterocycles. The summed E-state index contributed by atoms with van der Waals surface area (Å²) in [6.45, 7) is 3.77. The van der Waals surface area contributed by atoms with Crippen molar-refractivity contribution >= 4 is 20.9 Å². The molecular formula is C12H11KO3S. The van der Waals surface area contributed by atoms with E-state index in [0.717, 1.165) is 21.9 Å². The number of benzene rings is 2. The number of hydrogen-bond donors (Lipinski definition) is 0. The van der Waals surface area contributed by atoms with E-state index >= 15 is 0 Å². The van der Waals surface area contributed by atoms with E-state index in [1.54, 1.807) is 6.92 Å². The Morgan fingerprint density at radius 2 is 1.71 bits per heavy atom. The van der Waals surface area contributed by atoms with Crippen LogP contribution in [0.1, 0.15) is 11.1 Å². The van der Waals surface area contributed by atoms with Crippen LogP contribution in [0.2, 0.25) is 0 Å². The van der Waals surface area contributed by atoms with Crippen LogP contribution in [-0.2, 0) is 10.1 Å². The molecule has 0 aliphatic carbocycles. The predicted octanol–water partition coefficient (Wildman–Crippen LogP) is -0.635. The van der Waals surface area contributed by atoms with Gasteiger partial charge in [-0.2, -0.15) is 0 Å². The Morgan fingerprint density at radius 1 is 1.06 bits per heavy atom. The molecule has 0 N–H and O–H groups in total. The van der Waals surface area contributed by atoms with E-state index in [-0.39, 0.29) is 56.3 Å². The quantitative estimate of drug-likeness (QED) is 0.514. The fourth-order valence-electron chi connectivity index (χ4n) is 1.77. The van der Waals surface area contributed by atoms with Gasteiger partial charge in [-0.3, -0.25) is 0 Å². The van der Waals surface area contributed by atoms with Gasteiger partial charge in [0, 0.05) is 0 Å². The van der Waals surface area contributed by atoms with Crippen LogP contribution in [-0.4, -0.2) is 13.0 Å². The van der Waals surface area contributed by atoms with Gasteiger partial charge in [0.2, 0.25) is 0 Å². The first-order chi connectivity index (χ1) is 7.38. The van der Waals surface area contributed by atoms with Gasteiger partial charge in [0.25, 0.3) is 0 Å². The Balaban J connectivity index is 0.00000144. The minimum atomic E-state index is -4.38. The largest absolute Gasteiger partial charge is 1.00 e. The van der Waals surface area contributed by atoms with E-state index in [1.807, 2.05) is 25.1 Å². The number of rotatable bonds is 1. The smallest absolute Gasteiger partial charge is 0.744 e. The number of aryl methyl sites for hydroxylation is 2. The van der Waals surface area contributed by atoms with Crippen LogP contribution >= 0.6 is 0 Å². The van der Waals surface area contributed by atoms with Crippen molar-refractivity contribution in [3.63, 3.8) is 0 Å². The van der Waals surface area contributed by atoms with Crippen molar-refractivity contribution in [3.8, 4) is 0 Å². The molecule has 2 aromatic carbocycles. The van der Waals surface area contributed by atoms with Crippen LogP contribution in [0.5, 0.6) is 0 Å². The van der Waals surface area contributed by atoms with E-state index in [0.29, 0.717) is 0 Å². The summed E-state index contributed by atoms with van der Waals surface area (Å²) >= 11 is 0. The SMILES string of the molecule is Cc1ccc2cc(S(=O)(=O)[O-])cc(C)c2c1.[K+]. The molecule has 0 aromatic heterocycles. The second-order valence-electron chi connectivity index (χ2n) is 3.92. The molecule has 0 saturated heterocycles. The Kier molecular flexibility index (Phi) is 4.94. The maximum Gasteiger partial charge on any atom is 1.00 e. The van der Waals surface area contributed by atoms with Gasteiger partial charge in [0.05, 0.1) is 4.90 Å². The van der Waals surface area contributed by atoms with E-state index in [4.69, 9.17) is 0 Å². The van der Waals surface area contributed by atoms with Crippen molar-refractivity contribution in [2.75, 3.05) is 0 Å². The average Bonchev–Trinajstić information content (AvgIpc) is 2.17. The molecule has 0 aliphatic rings. The van der Waals surface area contributed by atoms with E-state index in [1.165, 1.54) is 12.1 Å². The normalized spacial score (nSPS) is 11.2. The zero-order valence-electron chi connectivity index (χ0n) is 10.0. The van der Waals surface area contributed by atoms with Crippen molar-refractivity contribution in [3.05, 3.63) is 41.5 Å². The van der Waals surface area contributed by atoms with Crippen LogP contribution < -0.4 is 51.4 Å². The van der Waals surface area contributed by atoms with Crippen LogP contribution in [0, 0.1) is 13.8 Å². The molecule has 0 heterocycles. The molecule has 0 bridgehead atoms. The summed E-state index contributed by atoms with van der Waals surface area (Å²) < 4.78 is 32.8. The summed E-state index contributed by atoms with van der Waals surface area (Å²) in [6.07, 6.45) is 0. The van der Waals surface area contributed by atoms with E-state index < -0.39 is 10.1 Å². The maximum atomic E-state index is 10.9. The molecule has 0 radical (unpaired) electrons. The molecule has 0 spiro atoms. The third kappa shape index (κ3) is 3.38. The first-order valence-corrected chi connectivity index (χ1v) is 6.26. The molecule has 5 heteroatoms. The topological polar surface area (TPSA) is 57.2 Å². The second-order valence-corrected chi connectivity index (χ2v) is 5.30. The van der Waals surface area contributed by atoms with Crippen LogP contribution in [0.4, 0.5) is 0 Å². The fraction of sp³-hybridized carbons (Fsp3) is 0.167. The zero-order chi connectivity index (χ0) is 11.9. The van der Waals surface area contributed by atoms with Gasteiger partial charge < -0.3 is 4.55 Å². The number of hydrogen-bond acceptors (Lipinski definition) is 3. The Labute approximate surface area is 143 Å². The van der Waals surface area contributed by atoms with Crippen molar-refractivity contribution in [1.82, 2.24) is 0 Å². The maximum absolute atomic E-state index is 10.9. The molecular weight excluding hydrogens is 263 g/mol. The summed E-state index contributed by atoms with van der Waals surface area (Å²) in [7, 11) is -4.38. The molecule has 0 fully saturated rings. The molecule has 2 rings (SSSR count). The van der Waals surface area contributed by atoms with Gasteiger partial charge in [-0.1, -0.05) is 23.8 Å². The van der Waals surface area contributed by atoms with Crippen molar-refractivity contribution in [1.29, 1.82) is 0 Å². The van der Waals surface area contributed by atoms with Crippen molar-refractivity contribution in [2.24, 2.45) is 0 Å². The Morgan fingerprint density at radius 3 is 2.29 bits per heavy atom. The molecule has 17 heavy (non-hydrogen) atoms. The van der Waals surface area contributed by atoms with Crippen LogP contribution in [0.15, 0.2) is 35.2 Å². The Bertz CT molecular complexity index is 663.